The molecule has 3 aromatic rings. The predicted molar refractivity (Wildman–Crippen MR) is 159 cm³/mol. The second kappa shape index (κ2) is 9.76. The quantitative estimate of drug-likeness (QED) is 0.398. The van der Waals surface area contributed by atoms with Crippen LogP contribution in [0.4, 0.5) is 5.69 Å². The van der Waals surface area contributed by atoms with E-state index in [0.29, 0.717) is 28.5 Å². The van der Waals surface area contributed by atoms with Gasteiger partial charge >= 0.3 is 0 Å². The molecule has 1 spiro atoms. The molecule has 0 bridgehead atoms. The van der Waals surface area contributed by atoms with E-state index in [2.05, 4.69) is 5.32 Å². The van der Waals surface area contributed by atoms with Crippen molar-refractivity contribution in [2.45, 2.75) is 38.3 Å². The highest BCUT2D eigenvalue weighted by molar-refractivity contribution is 6.15. The first-order chi connectivity index (χ1) is 20.1. The first-order valence-electron chi connectivity index (χ1n) is 13.9. The van der Waals surface area contributed by atoms with Crippen molar-refractivity contribution in [3.8, 4) is 17.2 Å². The number of nitrogens with zero attached hydrogens (tertiary/aromatic N) is 1. The van der Waals surface area contributed by atoms with Crippen molar-refractivity contribution in [2.24, 2.45) is 11.3 Å². The number of hydrogen-bond donors (Lipinski definition) is 1. The molecule has 6 rings (SSSR count). The lowest BCUT2D eigenvalue weighted by Gasteiger charge is -2.38. The third kappa shape index (κ3) is 3.70. The zero-order valence-corrected chi connectivity index (χ0v) is 24.6. The van der Waals surface area contributed by atoms with Gasteiger partial charge < -0.3 is 24.4 Å². The number of benzene rings is 3. The summed E-state index contributed by atoms with van der Waals surface area (Å²) in [5.74, 6) is -0.899. The van der Waals surface area contributed by atoms with Crippen LogP contribution in [0, 0.1) is 11.3 Å². The molecule has 0 aromatic heterocycles. The summed E-state index contributed by atoms with van der Waals surface area (Å²) in [5.41, 5.74) is 1.23. The molecule has 0 unspecified atom stereocenters. The van der Waals surface area contributed by atoms with Crippen molar-refractivity contribution >= 4 is 29.2 Å². The van der Waals surface area contributed by atoms with E-state index < -0.39 is 28.8 Å². The largest absolute Gasteiger partial charge is 0.493 e. The van der Waals surface area contributed by atoms with Gasteiger partial charge in [-0.2, -0.15) is 0 Å². The average Bonchev–Trinajstić information content (AvgIpc) is 3.47. The first kappa shape index (κ1) is 27.6. The maximum atomic E-state index is 15.1. The number of methoxy groups -OCH3 is 3. The number of ketones is 2. The van der Waals surface area contributed by atoms with Crippen LogP contribution in [0.15, 0.2) is 66.9 Å². The molecule has 1 saturated heterocycles. The fourth-order valence-electron chi connectivity index (χ4n) is 7.01. The number of anilines is 1. The van der Waals surface area contributed by atoms with Gasteiger partial charge in [-0.1, -0.05) is 63.2 Å². The normalized spacial score (nSPS) is 23.6. The first-order valence-corrected chi connectivity index (χ1v) is 13.9. The molecule has 1 fully saturated rings. The van der Waals surface area contributed by atoms with Gasteiger partial charge in [0.1, 0.15) is 5.41 Å². The summed E-state index contributed by atoms with van der Waals surface area (Å²) in [6, 6.07) is 17.0. The number of Topliss-reactive ketones (excluding diaryl/α,β-unsaturated/α-hetero) is 2. The Kier molecular flexibility index (Phi) is 6.40. The average molecular weight is 567 g/mol. The van der Waals surface area contributed by atoms with Crippen molar-refractivity contribution in [3.05, 3.63) is 89.1 Å². The lowest BCUT2D eigenvalue weighted by molar-refractivity contribution is -0.131. The van der Waals surface area contributed by atoms with Crippen molar-refractivity contribution in [2.75, 3.05) is 26.6 Å². The molecule has 1 N–H and O–H groups in total. The summed E-state index contributed by atoms with van der Waals surface area (Å²) in [5, 5.41) is 3.07. The van der Waals surface area contributed by atoms with Crippen molar-refractivity contribution < 1.29 is 28.6 Å². The fraction of sp³-hybridized carbons (Fsp3) is 0.324. The Morgan fingerprint density at radius 1 is 0.905 bits per heavy atom. The molecule has 3 aromatic carbocycles. The van der Waals surface area contributed by atoms with E-state index in [0.717, 1.165) is 11.1 Å². The zero-order chi connectivity index (χ0) is 30.0. The van der Waals surface area contributed by atoms with Gasteiger partial charge in [-0.3, -0.25) is 14.4 Å². The molecule has 3 aliphatic heterocycles. The number of carbonyl (C=O) groups excluding carboxylic acids is 3. The summed E-state index contributed by atoms with van der Waals surface area (Å²) in [4.78, 5) is 46.0. The van der Waals surface area contributed by atoms with Crippen LogP contribution in [0.25, 0.3) is 6.08 Å². The number of carbonyl (C=O) groups is 3. The highest BCUT2D eigenvalue weighted by Crippen LogP contribution is 2.62. The van der Waals surface area contributed by atoms with E-state index in [9.17, 15) is 9.59 Å². The molecule has 3 heterocycles. The van der Waals surface area contributed by atoms with Crippen LogP contribution < -0.4 is 19.5 Å². The van der Waals surface area contributed by atoms with Crippen LogP contribution in [0.1, 0.15) is 53.9 Å². The van der Waals surface area contributed by atoms with Crippen molar-refractivity contribution in [3.63, 3.8) is 0 Å². The number of ether oxygens (including phenoxy) is 3. The fourth-order valence-corrected chi connectivity index (χ4v) is 7.01. The summed E-state index contributed by atoms with van der Waals surface area (Å²) in [6.07, 6.45) is 3.83. The Balaban J connectivity index is 1.68. The van der Waals surface area contributed by atoms with Gasteiger partial charge in [-0.15, -0.1) is 0 Å². The molecular weight excluding hydrogens is 532 g/mol. The van der Waals surface area contributed by atoms with Gasteiger partial charge in [0.2, 0.25) is 11.7 Å². The second-order valence-electron chi connectivity index (χ2n) is 12.0. The monoisotopic (exact) mass is 566 g/mol. The van der Waals surface area contributed by atoms with Gasteiger partial charge in [0.15, 0.2) is 23.1 Å². The number of fused-ring (bicyclic) bond motifs is 6. The predicted octanol–water partition coefficient (Wildman–Crippen LogP) is 5.43. The smallest absolute Gasteiger partial charge is 0.238 e. The molecule has 8 heteroatoms. The topological polar surface area (TPSA) is 94.2 Å². The van der Waals surface area contributed by atoms with E-state index in [1.165, 1.54) is 21.3 Å². The van der Waals surface area contributed by atoms with Gasteiger partial charge in [0, 0.05) is 22.9 Å². The lowest BCUT2D eigenvalue weighted by atomic mass is 9.62. The minimum atomic E-state index is -1.40. The molecule has 216 valence electrons. The van der Waals surface area contributed by atoms with E-state index in [-0.39, 0.29) is 23.0 Å². The molecule has 4 atom stereocenters. The summed E-state index contributed by atoms with van der Waals surface area (Å²) in [7, 11) is 4.46. The summed E-state index contributed by atoms with van der Waals surface area (Å²) < 4.78 is 16.6. The van der Waals surface area contributed by atoms with E-state index in [1.807, 2.05) is 86.5 Å². The molecule has 3 aliphatic rings. The Morgan fingerprint density at radius 2 is 1.55 bits per heavy atom. The maximum absolute atomic E-state index is 15.1. The maximum Gasteiger partial charge on any atom is 0.238 e. The van der Waals surface area contributed by atoms with Gasteiger partial charge in [-0.25, -0.2) is 0 Å². The molecule has 0 saturated carbocycles. The molecule has 42 heavy (non-hydrogen) atoms. The Labute approximate surface area is 245 Å². The summed E-state index contributed by atoms with van der Waals surface area (Å²) in [6.45, 7) is 5.54. The van der Waals surface area contributed by atoms with Gasteiger partial charge in [0.05, 0.1) is 39.3 Å². The van der Waals surface area contributed by atoms with Crippen LogP contribution in [0.5, 0.6) is 17.2 Å². The number of amides is 1. The molecular formula is C34H34N2O6. The number of para-hydroxylation sites is 1. The molecule has 0 aliphatic carbocycles. The third-order valence-electron chi connectivity index (χ3n) is 8.81. The van der Waals surface area contributed by atoms with Crippen LogP contribution in [-0.4, -0.2) is 49.7 Å². The van der Waals surface area contributed by atoms with Crippen molar-refractivity contribution in [1.29, 1.82) is 0 Å². The SMILES string of the molecule is COc1cc(C(=O)[C@H]2[C@@H](C(=O)C(C)(C)C)N3C=Cc4ccccc4[C@@H]3[C@@]23C(=O)Nc2ccccc23)cc(OC)c1OC. The Bertz CT molecular complexity index is 1630. The highest BCUT2D eigenvalue weighted by atomic mass is 16.5. The Hall–Kier alpha value is -4.59. The molecule has 1 amide bonds. The minimum absolute atomic E-state index is 0.128. The number of nitrogens with one attached hydrogen (secondary N) is 1. The number of rotatable bonds is 6. The van der Waals surface area contributed by atoms with Gasteiger partial charge in [0.25, 0.3) is 0 Å². The minimum Gasteiger partial charge on any atom is -0.493 e. The van der Waals surface area contributed by atoms with Crippen molar-refractivity contribution in [1.82, 2.24) is 4.90 Å². The number of hydrogen-bond acceptors (Lipinski definition) is 7. The zero-order valence-electron chi connectivity index (χ0n) is 24.6. The van der Waals surface area contributed by atoms with E-state index in [4.69, 9.17) is 14.2 Å². The molecule has 8 nitrogen and oxygen atoms in total. The van der Waals surface area contributed by atoms with E-state index >= 15 is 4.79 Å². The summed E-state index contributed by atoms with van der Waals surface area (Å²) >= 11 is 0. The third-order valence-corrected chi connectivity index (χ3v) is 8.81. The molecule has 0 radical (unpaired) electrons. The van der Waals surface area contributed by atoms with Crippen LogP contribution in [0.2, 0.25) is 0 Å². The highest BCUT2D eigenvalue weighted by Gasteiger charge is 2.71. The van der Waals surface area contributed by atoms with Crippen LogP contribution >= 0.6 is 0 Å². The lowest BCUT2D eigenvalue weighted by Crippen LogP contribution is -2.50. The second-order valence-corrected chi connectivity index (χ2v) is 12.0. The van der Waals surface area contributed by atoms with Gasteiger partial charge in [-0.05, 0) is 41.0 Å². The van der Waals surface area contributed by atoms with Crippen LogP contribution in [-0.2, 0) is 15.0 Å². The van der Waals surface area contributed by atoms with E-state index in [1.54, 1.807) is 12.1 Å². The standard InChI is InChI=1S/C34H34N2O6/c1-33(2,3)31(38)27-26(28(37)20-17-24(40-4)29(42-6)25(18-20)41-5)34(22-13-9-10-14-23(22)35-32(34)39)30-21-12-8-7-11-19(21)15-16-36(27)30/h7-18,26-27,30H,1-6H3,(H,35,39)/t26-,27+,30-,34+/m1/s1. The Morgan fingerprint density at radius 3 is 2.19 bits per heavy atom. The van der Waals surface area contributed by atoms with Crippen LogP contribution in [0.3, 0.4) is 0 Å².